The molecule has 4 N–H and O–H groups in total. The fraction of sp³-hybridized carbons (Fsp3) is 0.0526. The third kappa shape index (κ3) is 3.10. The van der Waals surface area contributed by atoms with Gasteiger partial charge in [-0.05, 0) is 36.4 Å². The van der Waals surface area contributed by atoms with Gasteiger partial charge >= 0.3 is 6.03 Å². The molecular formula is C19H17N5O2. The lowest BCUT2D eigenvalue weighted by Gasteiger charge is -2.24. The van der Waals surface area contributed by atoms with Crippen LogP contribution in [0.5, 0.6) is 0 Å². The third-order valence-electron chi connectivity index (χ3n) is 4.01. The van der Waals surface area contributed by atoms with E-state index in [2.05, 4.69) is 15.6 Å². The first-order valence-corrected chi connectivity index (χ1v) is 8.09. The smallest absolute Gasteiger partial charge is 0.323 e. The Kier molecular flexibility index (Phi) is 4.03. The van der Waals surface area contributed by atoms with Crippen LogP contribution in [0, 0.1) is 0 Å². The molecule has 0 bridgehead atoms. The van der Waals surface area contributed by atoms with Gasteiger partial charge in [-0.15, -0.1) is 0 Å². The number of nitrogens with two attached hydrogens (primary N) is 1. The van der Waals surface area contributed by atoms with Gasteiger partial charge < -0.3 is 25.7 Å². The average Bonchev–Trinajstić information content (AvgIpc) is 3.13. The summed E-state index contributed by atoms with van der Waals surface area (Å²) in [7, 11) is 0. The number of benzene rings is 2. The van der Waals surface area contributed by atoms with Gasteiger partial charge in [-0.1, -0.05) is 24.3 Å². The van der Waals surface area contributed by atoms with Gasteiger partial charge in [0.2, 0.25) is 5.55 Å². The van der Waals surface area contributed by atoms with Crippen LogP contribution in [0.3, 0.4) is 0 Å². The van der Waals surface area contributed by atoms with Crippen LogP contribution in [0.1, 0.15) is 0 Å². The van der Waals surface area contributed by atoms with Gasteiger partial charge in [0.15, 0.2) is 0 Å². The molecule has 130 valence electrons. The van der Waals surface area contributed by atoms with Gasteiger partial charge in [0, 0.05) is 17.1 Å². The van der Waals surface area contributed by atoms with E-state index in [1.807, 2.05) is 59.5 Å². The minimum atomic E-state index is -0.314. The number of carbonyl (C=O) groups excluding carboxylic acids is 1. The van der Waals surface area contributed by atoms with Crippen molar-refractivity contribution in [2.75, 3.05) is 22.2 Å². The van der Waals surface area contributed by atoms with Crippen molar-refractivity contribution in [3.63, 3.8) is 0 Å². The van der Waals surface area contributed by atoms with Gasteiger partial charge in [0.1, 0.15) is 12.5 Å². The maximum atomic E-state index is 12.2. The maximum Gasteiger partial charge on any atom is 0.323 e. The number of anilines is 3. The molecule has 1 aliphatic rings. The van der Waals surface area contributed by atoms with Crippen molar-refractivity contribution in [3.8, 4) is 0 Å². The molecule has 0 atom stereocenters. The van der Waals surface area contributed by atoms with Crippen molar-refractivity contribution >= 4 is 28.9 Å². The number of hydrogen-bond acceptors (Lipinski definition) is 5. The van der Waals surface area contributed by atoms with E-state index < -0.39 is 0 Å². The van der Waals surface area contributed by atoms with E-state index in [9.17, 15) is 4.79 Å². The normalized spacial score (nSPS) is 12.9. The molecule has 0 aliphatic carbocycles. The number of rotatable bonds is 3. The molecule has 4 rings (SSSR count). The summed E-state index contributed by atoms with van der Waals surface area (Å²) in [6.07, 6.45) is 1.57. The molecule has 0 unspecified atom stereocenters. The van der Waals surface area contributed by atoms with Crippen molar-refractivity contribution in [2.45, 2.75) is 0 Å². The first-order chi connectivity index (χ1) is 12.7. The zero-order valence-electron chi connectivity index (χ0n) is 13.8. The summed E-state index contributed by atoms with van der Waals surface area (Å²) in [6.45, 7) is 0.353. The number of amides is 2. The zero-order valence-corrected chi connectivity index (χ0v) is 13.8. The van der Waals surface area contributed by atoms with Crippen LogP contribution in [0.15, 0.2) is 76.3 Å². The quantitative estimate of drug-likeness (QED) is 0.676. The van der Waals surface area contributed by atoms with E-state index in [1.165, 1.54) is 0 Å². The topological polar surface area (TPSA) is 95.9 Å². The van der Waals surface area contributed by atoms with Gasteiger partial charge in [-0.25, -0.2) is 9.79 Å². The first kappa shape index (κ1) is 15.8. The molecule has 26 heavy (non-hydrogen) atoms. The summed E-state index contributed by atoms with van der Waals surface area (Å²) < 4.78 is 5.28. The molecule has 2 heterocycles. The molecule has 7 nitrogen and oxygen atoms in total. The number of furan rings is 1. The van der Waals surface area contributed by atoms with Crippen LogP contribution in [-0.2, 0) is 0 Å². The van der Waals surface area contributed by atoms with Gasteiger partial charge in [0.25, 0.3) is 0 Å². The molecule has 1 aliphatic heterocycles. The molecule has 1 aromatic heterocycles. The molecule has 0 spiro atoms. The van der Waals surface area contributed by atoms with Crippen molar-refractivity contribution in [1.82, 2.24) is 0 Å². The Hall–Kier alpha value is -3.74. The van der Waals surface area contributed by atoms with Gasteiger partial charge in [-0.3, -0.25) is 0 Å². The van der Waals surface area contributed by atoms with Crippen LogP contribution in [0.4, 0.5) is 21.9 Å². The van der Waals surface area contributed by atoms with Crippen LogP contribution < -0.4 is 32.0 Å². The molecule has 0 fully saturated rings. The minimum Gasteiger partial charge on any atom is -0.446 e. The van der Waals surface area contributed by atoms with Gasteiger partial charge in [0.05, 0.1) is 11.5 Å². The van der Waals surface area contributed by atoms with Crippen molar-refractivity contribution in [2.24, 2.45) is 10.7 Å². The molecular weight excluding hydrogens is 330 g/mol. The lowest BCUT2D eigenvalue weighted by Crippen LogP contribution is -2.42. The summed E-state index contributed by atoms with van der Waals surface area (Å²) in [4.78, 5) is 18.4. The highest BCUT2D eigenvalue weighted by Gasteiger charge is 2.15. The monoisotopic (exact) mass is 347 g/mol. The molecule has 2 aromatic carbocycles. The van der Waals surface area contributed by atoms with Crippen molar-refractivity contribution < 1.29 is 9.21 Å². The van der Waals surface area contributed by atoms with E-state index in [0.29, 0.717) is 23.7 Å². The Morgan fingerprint density at radius 3 is 2.65 bits per heavy atom. The second kappa shape index (κ2) is 6.64. The van der Waals surface area contributed by atoms with E-state index in [0.717, 1.165) is 16.6 Å². The standard InChI is InChI=1S/C19H17N5O2/c20-17-16-9-10-26-18(16)21-12-24(17)15-8-4-7-14(11-15)23-19(25)22-13-5-2-1-3-6-13/h1-11H,12,20H2,(H2,22,23,25). The number of urea groups is 1. The number of nitrogens with one attached hydrogen (secondary N) is 2. The Morgan fingerprint density at radius 1 is 1.04 bits per heavy atom. The number of carbonyl (C=O) groups is 1. The fourth-order valence-electron chi connectivity index (χ4n) is 2.76. The van der Waals surface area contributed by atoms with E-state index in [-0.39, 0.29) is 6.03 Å². The molecule has 3 aromatic rings. The van der Waals surface area contributed by atoms with E-state index in [4.69, 9.17) is 10.2 Å². The zero-order chi connectivity index (χ0) is 17.9. The predicted octanol–water partition coefficient (Wildman–Crippen LogP) is 2.05. The molecule has 0 saturated carbocycles. The van der Waals surface area contributed by atoms with Crippen LogP contribution in [0.2, 0.25) is 0 Å². The summed E-state index contributed by atoms with van der Waals surface area (Å²) in [5, 5.41) is 6.37. The Bertz CT molecular complexity index is 1060. The minimum absolute atomic E-state index is 0.314. The van der Waals surface area contributed by atoms with Gasteiger partial charge in [-0.2, -0.15) is 0 Å². The summed E-state index contributed by atoms with van der Waals surface area (Å²) in [5.74, 6) is 0.564. The highest BCUT2D eigenvalue weighted by Crippen LogP contribution is 2.22. The fourth-order valence-corrected chi connectivity index (χ4v) is 2.76. The molecule has 0 radical (unpaired) electrons. The van der Waals surface area contributed by atoms with Crippen molar-refractivity contribution in [3.05, 3.63) is 77.7 Å². The second-order valence-corrected chi connectivity index (χ2v) is 5.75. The first-order valence-electron chi connectivity index (χ1n) is 8.09. The number of fused-ring (bicyclic) bond motifs is 1. The average molecular weight is 347 g/mol. The van der Waals surface area contributed by atoms with Crippen LogP contribution in [-0.4, -0.2) is 12.7 Å². The van der Waals surface area contributed by atoms with E-state index in [1.54, 1.807) is 12.3 Å². The summed E-state index contributed by atoms with van der Waals surface area (Å²) in [5.41, 5.74) is 8.99. The molecule has 0 saturated heterocycles. The van der Waals surface area contributed by atoms with Crippen LogP contribution >= 0.6 is 0 Å². The summed E-state index contributed by atoms with van der Waals surface area (Å²) >= 11 is 0. The maximum absolute atomic E-state index is 12.2. The second-order valence-electron chi connectivity index (χ2n) is 5.75. The highest BCUT2D eigenvalue weighted by molar-refractivity contribution is 6.00. The van der Waals surface area contributed by atoms with Crippen molar-refractivity contribution in [1.29, 1.82) is 0 Å². The molecule has 2 amide bonds. The molecule has 7 heteroatoms. The van der Waals surface area contributed by atoms with E-state index >= 15 is 0 Å². The Labute approximate surface area is 149 Å². The third-order valence-corrected chi connectivity index (χ3v) is 4.01. The lowest BCUT2D eigenvalue weighted by atomic mass is 10.2. The number of para-hydroxylation sites is 1. The van der Waals surface area contributed by atoms with Crippen LogP contribution in [0.25, 0.3) is 5.82 Å². The number of nitrogens with zero attached hydrogens (tertiary/aromatic N) is 2. The SMILES string of the molecule is NC1=c2ccoc2=NCN1c1cccc(NC(=O)Nc2ccccc2)c1. The summed E-state index contributed by atoms with van der Waals surface area (Å²) in [6, 6.07) is 18.2. The number of hydrogen-bond donors (Lipinski definition) is 3. The largest absolute Gasteiger partial charge is 0.446 e. The lowest BCUT2D eigenvalue weighted by molar-refractivity contribution is 0.262. The Morgan fingerprint density at radius 2 is 1.81 bits per heavy atom. The predicted molar refractivity (Wildman–Crippen MR) is 100.0 cm³/mol. The Balaban J connectivity index is 1.53. The highest BCUT2D eigenvalue weighted by atomic mass is 16.3.